The summed E-state index contributed by atoms with van der Waals surface area (Å²) < 4.78 is 38.7. The lowest BCUT2D eigenvalue weighted by molar-refractivity contribution is -0.137. The van der Waals surface area contributed by atoms with E-state index in [1.807, 2.05) is 0 Å². The van der Waals surface area contributed by atoms with Gasteiger partial charge in [-0.25, -0.2) is 0 Å². The van der Waals surface area contributed by atoms with E-state index >= 15 is 0 Å². The molecule has 4 nitrogen and oxygen atoms in total. The molecule has 1 fully saturated rings. The smallest absolute Gasteiger partial charge is 0.391 e. The average molecular weight is 336 g/mol. The van der Waals surface area contributed by atoms with Gasteiger partial charge in [0.05, 0.1) is 17.7 Å². The number of carbonyl (C=O) groups is 1. The van der Waals surface area contributed by atoms with Crippen molar-refractivity contribution in [2.45, 2.75) is 24.7 Å². The molecule has 1 aromatic heterocycles. The first kappa shape index (κ1) is 16.4. The van der Waals surface area contributed by atoms with Crippen LogP contribution in [-0.2, 0) is 6.18 Å². The summed E-state index contributed by atoms with van der Waals surface area (Å²) in [6, 6.07) is 7.37. The van der Waals surface area contributed by atoms with Gasteiger partial charge in [-0.05, 0) is 36.2 Å². The highest BCUT2D eigenvalue weighted by molar-refractivity contribution is 5.94. The number of likely N-dealkylation sites (tertiary alicyclic amines) is 1. The minimum atomic E-state index is -4.45. The van der Waals surface area contributed by atoms with Crippen molar-refractivity contribution in [2.75, 3.05) is 6.54 Å². The monoisotopic (exact) mass is 336 g/mol. The third-order valence-corrected chi connectivity index (χ3v) is 4.07. The second-order valence-corrected chi connectivity index (χ2v) is 5.72. The maximum atomic E-state index is 12.9. The van der Waals surface area contributed by atoms with Crippen LogP contribution in [0.1, 0.15) is 33.9 Å². The Kier molecular flexibility index (Phi) is 4.28. The Hall–Kier alpha value is -2.41. The maximum absolute atomic E-state index is 12.9. The van der Waals surface area contributed by atoms with Gasteiger partial charge in [0.15, 0.2) is 0 Å². The number of amides is 1. The molecule has 3 rings (SSSR count). The summed E-state index contributed by atoms with van der Waals surface area (Å²) in [6.45, 7) is 0.0854. The van der Waals surface area contributed by atoms with E-state index in [9.17, 15) is 23.1 Å². The van der Waals surface area contributed by atoms with Gasteiger partial charge in [0.2, 0.25) is 0 Å². The summed E-state index contributed by atoms with van der Waals surface area (Å²) in [5.74, 6) is -0.337. The number of halogens is 3. The third-order valence-electron chi connectivity index (χ3n) is 4.07. The number of nitrogens with zero attached hydrogens (tertiary/aromatic N) is 2. The largest absolute Gasteiger partial charge is 0.416 e. The molecule has 0 spiro atoms. The zero-order chi connectivity index (χ0) is 17.3. The number of pyridine rings is 1. The first-order valence-corrected chi connectivity index (χ1v) is 7.42. The van der Waals surface area contributed by atoms with Crippen molar-refractivity contribution >= 4 is 5.91 Å². The Morgan fingerprint density at radius 2 is 1.92 bits per heavy atom. The first-order chi connectivity index (χ1) is 11.4. The van der Waals surface area contributed by atoms with Crippen LogP contribution in [0.3, 0.4) is 0 Å². The van der Waals surface area contributed by atoms with Crippen molar-refractivity contribution in [3.05, 3.63) is 65.5 Å². The molecule has 0 unspecified atom stereocenters. The molecule has 7 heteroatoms. The van der Waals surface area contributed by atoms with Crippen LogP contribution in [0.4, 0.5) is 13.2 Å². The van der Waals surface area contributed by atoms with Gasteiger partial charge in [0.1, 0.15) is 0 Å². The van der Waals surface area contributed by atoms with Crippen molar-refractivity contribution < 1.29 is 23.1 Å². The highest BCUT2D eigenvalue weighted by Crippen LogP contribution is 2.36. The van der Waals surface area contributed by atoms with E-state index < -0.39 is 23.9 Å². The molecular weight excluding hydrogens is 321 g/mol. The fraction of sp³-hybridized carbons (Fsp3) is 0.294. The average Bonchev–Trinajstić information content (AvgIpc) is 2.96. The Balaban J connectivity index is 1.93. The molecule has 0 radical (unpaired) electrons. The van der Waals surface area contributed by atoms with Gasteiger partial charge in [0, 0.05) is 24.5 Å². The van der Waals surface area contributed by atoms with Crippen LogP contribution in [0, 0.1) is 0 Å². The van der Waals surface area contributed by atoms with Crippen molar-refractivity contribution in [3.8, 4) is 0 Å². The SMILES string of the molecule is O=C(c1ccncc1)N1C[C@H](O)C[C@H]1c1cccc(C(F)(F)F)c1. The number of alkyl halides is 3. The molecule has 1 aliphatic heterocycles. The Morgan fingerprint density at radius 3 is 2.58 bits per heavy atom. The number of benzene rings is 1. The van der Waals surface area contributed by atoms with Crippen molar-refractivity contribution in [2.24, 2.45) is 0 Å². The molecule has 24 heavy (non-hydrogen) atoms. The van der Waals surface area contributed by atoms with Crippen LogP contribution in [0.2, 0.25) is 0 Å². The van der Waals surface area contributed by atoms with Gasteiger partial charge >= 0.3 is 6.18 Å². The summed E-state index contributed by atoms with van der Waals surface area (Å²) in [5.41, 5.74) is -0.0162. The molecule has 1 amide bonds. The molecule has 2 atom stereocenters. The zero-order valence-electron chi connectivity index (χ0n) is 12.6. The lowest BCUT2D eigenvalue weighted by Crippen LogP contribution is -2.31. The van der Waals surface area contributed by atoms with Crippen molar-refractivity contribution in [3.63, 3.8) is 0 Å². The molecule has 1 saturated heterocycles. The first-order valence-electron chi connectivity index (χ1n) is 7.42. The number of aromatic nitrogens is 1. The molecule has 1 aromatic carbocycles. The quantitative estimate of drug-likeness (QED) is 0.917. The Morgan fingerprint density at radius 1 is 1.21 bits per heavy atom. The van der Waals surface area contributed by atoms with E-state index in [-0.39, 0.29) is 18.9 Å². The molecule has 1 aliphatic rings. The molecule has 2 heterocycles. The van der Waals surface area contributed by atoms with Crippen LogP contribution in [0.25, 0.3) is 0 Å². The molecule has 1 N–H and O–H groups in total. The van der Waals surface area contributed by atoms with E-state index in [0.717, 1.165) is 12.1 Å². The summed E-state index contributed by atoms with van der Waals surface area (Å²) in [5, 5.41) is 9.93. The summed E-state index contributed by atoms with van der Waals surface area (Å²) in [7, 11) is 0. The molecule has 0 bridgehead atoms. The predicted molar refractivity (Wildman–Crippen MR) is 80.1 cm³/mol. The van der Waals surface area contributed by atoms with E-state index in [0.29, 0.717) is 11.1 Å². The second-order valence-electron chi connectivity index (χ2n) is 5.72. The third kappa shape index (κ3) is 3.26. The highest BCUT2D eigenvalue weighted by Gasteiger charge is 2.37. The van der Waals surface area contributed by atoms with Crippen LogP contribution < -0.4 is 0 Å². The number of aliphatic hydroxyl groups is 1. The number of hydrogen-bond donors (Lipinski definition) is 1. The number of rotatable bonds is 2. The van der Waals surface area contributed by atoms with Gasteiger partial charge in [-0.2, -0.15) is 13.2 Å². The number of β-amino-alcohol motifs (C(OH)–C–C–N with tert-alkyl or cyclic N) is 1. The standard InChI is InChI=1S/C17H15F3N2O2/c18-17(19,20)13-3-1-2-12(8-13)15-9-14(23)10-22(15)16(24)11-4-6-21-7-5-11/h1-8,14-15,23H,9-10H2/t14-,15+/m1/s1. The van der Waals surface area contributed by atoms with Gasteiger partial charge in [-0.15, -0.1) is 0 Å². The maximum Gasteiger partial charge on any atom is 0.416 e. The van der Waals surface area contributed by atoms with Crippen LogP contribution in [0.15, 0.2) is 48.8 Å². The van der Waals surface area contributed by atoms with Gasteiger partial charge in [0.25, 0.3) is 5.91 Å². The fourth-order valence-electron chi connectivity index (χ4n) is 2.94. The number of aliphatic hydroxyl groups excluding tert-OH is 1. The fourth-order valence-corrected chi connectivity index (χ4v) is 2.94. The van der Waals surface area contributed by atoms with Crippen LogP contribution in [-0.4, -0.2) is 33.5 Å². The number of carbonyl (C=O) groups excluding carboxylic acids is 1. The summed E-state index contributed by atoms with van der Waals surface area (Å²) in [4.78, 5) is 17.9. The van der Waals surface area contributed by atoms with Gasteiger partial charge in [-0.3, -0.25) is 9.78 Å². The Labute approximate surface area is 136 Å². The van der Waals surface area contributed by atoms with E-state index in [1.165, 1.54) is 35.5 Å². The minimum Gasteiger partial charge on any atom is -0.391 e. The Bertz CT molecular complexity index is 734. The molecule has 2 aromatic rings. The highest BCUT2D eigenvalue weighted by atomic mass is 19.4. The van der Waals surface area contributed by atoms with Gasteiger partial charge < -0.3 is 10.0 Å². The summed E-state index contributed by atoms with van der Waals surface area (Å²) >= 11 is 0. The van der Waals surface area contributed by atoms with Gasteiger partial charge in [-0.1, -0.05) is 12.1 Å². The topological polar surface area (TPSA) is 53.4 Å². The molecule has 0 aliphatic carbocycles. The predicted octanol–water partition coefficient (Wildman–Crippen LogP) is 3.05. The normalized spacial score (nSPS) is 21.1. The second kappa shape index (κ2) is 6.24. The van der Waals surface area contributed by atoms with E-state index in [1.54, 1.807) is 6.07 Å². The lowest BCUT2D eigenvalue weighted by Gasteiger charge is -2.25. The molecule has 0 saturated carbocycles. The van der Waals surface area contributed by atoms with E-state index in [2.05, 4.69) is 4.98 Å². The zero-order valence-corrected chi connectivity index (χ0v) is 12.6. The van der Waals surface area contributed by atoms with Crippen molar-refractivity contribution in [1.82, 2.24) is 9.88 Å². The lowest BCUT2D eigenvalue weighted by atomic mass is 10.0. The van der Waals surface area contributed by atoms with Crippen molar-refractivity contribution in [1.29, 1.82) is 0 Å². The molecule has 126 valence electrons. The van der Waals surface area contributed by atoms with Crippen LogP contribution >= 0.6 is 0 Å². The van der Waals surface area contributed by atoms with E-state index in [4.69, 9.17) is 0 Å². The van der Waals surface area contributed by atoms with Crippen LogP contribution in [0.5, 0.6) is 0 Å². The number of hydrogen-bond acceptors (Lipinski definition) is 3. The summed E-state index contributed by atoms with van der Waals surface area (Å²) in [6.07, 6.45) is -2.07. The molecular formula is C17H15F3N2O2. The minimum absolute atomic E-state index is 0.0854.